The summed E-state index contributed by atoms with van der Waals surface area (Å²) in [6.07, 6.45) is 0.926. The number of fused-ring (bicyclic) bond motifs is 2. The maximum atomic E-state index is 5.44. The van der Waals surface area contributed by atoms with Gasteiger partial charge in [-0.15, -0.1) is 11.3 Å². The Balaban J connectivity index is 1.16. The van der Waals surface area contributed by atoms with E-state index >= 15 is 0 Å². The lowest BCUT2D eigenvalue weighted by molar-refractivity contribution is 0.173. The van der Waals surface area contributed by atoms with Crippen molar-refractivity contribution in [3.05, 3.63) is 53.0 Å². The highest BCUT2D eigenvalue weighted by molar-refractivity contribution is 7.13. The quantitative estimate of drug-likeness (QED) is 0.658. The molecular weight excluding hydrogens is 364 g/mol. The molecule has 3 heterocycles. The third-order valence-electron chi connectivity index (χ3n) is 4.50. The average molecular weight is 382 g/mol. The van der Waals surface area contributed by atoms with Crippen molar-refractivity contribution in [2.45, 2.75) is 13.0 Å². The molecule has 0 fully saturated rings. The molecule has 0 bridgehead atoms. The van der Waals surface area contributed by atoms with Crippen molar-refractivity contribution in [1.82, 2.24) is 10.3 Å². The van der Waals surface area contributed by atoms with Crippen LogP contribution >= 0.6 is 11.3 Å². The summed E-state index contributed by atoms with van der Waals surface area (Å²) in [4.78, 5) is 4.72. The molecule has 0 radical (unpaired) electrons. The van der Waals surface area contributed by atoms with E-state index < -0.39 is 0 Å². The van der Waals surface area contributed by atoms with Crippen LogP contribution in [0.1, 0.15) is 11.3 Å². The fraction of sp³-hybridized carbons (Fsp3) is 0.250. The summed E-state index contributed by atoms with van der Waals surface area (Å²) >= 11 is 1.64. The summed E-state index contributed by atoms with van der Waals surface area (Å²) in [5.41, 5.74) is 3.32. The SMILES string of the molecule is c1cc2c(cc1CCNCc1csc(-c3ccc4c(c3)OCO4)n1)OCO2. The van der Waals surface area contributed by atoms with Gasteiger partial charge in [0.1, 0.15) is 5.01 Å². The van der Waals surface area contributed by atoms with Gasteiger partial charge in [-0.1, -0.05) is 6.07 Å². The third-order valence-corrected chi connectivity index (χ3v) is 5.44. The van der Waals surface area contributed by atoms with Gasteiger partial charge in [0.2, 0.25) is 13.6 Å². The van der Waals surface area contributed by atoms with Gasteiger partial charge >= 0.3 is 0 Å². The van der Waals surface area contributed by atoms with Gasteiger partial charge in [-0.2, -0.15) is 0 Å². The van der Waals surface area contributed by atoms with E-state index in [2.05, 4.69) is 16.8 Å². The molecule has 5 rings (SSSR count). The van der Waals surface area contributed by atoms with E-state index in [0.717, 1.165) is 58.8 Å². The summed E-state index contributed by atoms with van der Waals surface area (Å²) in [5, 5.41) is 6.53. The molecule has 0 amide bonds. The Morgan fingerprint density at radius 1 is 0.889 bits per heavy atom. The van der Waals surface area contributed by atoms with E-state index in [9.17, 15) is 0 Å². The minimum Gasteiger partial charge on any atom is -0.454 e. The standard InChI is InChI=1S/C20H18N2O4S/c1-3-16-18(25-11-23-16)7-13(1)5-6-21-9-15-10-27-20(22-15)14-2-4-17-19(8-14)26-12-24-17/h1-4,7-8,10,21H,5-6,9,11-12H2. The van der Waals surface area contributed by atoms with Crippen LogP contribution in [0.3, 0.4) is 0 Å². The number of rotatable bonds is 6. The van der Waals surface area contributed by atoms with Gasteiger partial charge in [-0.05, 0) is 48.9 Å². The van der Waals surface area contributed by atoms with Gasteiger partial charge in [0.25, 0.3) is 0 Å². The predicted molar refractivity (Wildman–Crippen MR) is 102 cm³/mol. The van der Waals surface area contributed by atoms with Gasteiger partial charge in [-0.25, -0.2) is 4.98 Å². The van der Waals surface area contributed by atoms with Gasteiger partial charge in [0, 0.05) is 17.5 Å². The largest absolute Gasteiger partial charge is 0.454 e. The number of aromatic nitrogens is 1. The summed E-state index contributed by atoms with van der Waals surface area (Å²) < 4.78 is 21.6. The number of ether oxygens (including phenoxy) is 4. The molecule has 27 heavy (non-hydrogen) atoms. The highest BCUT2D eigenvalue weighted by atomic mass is 32.1. The number of hydrogen-bond acceptors (Lipinski definition) is 7. The lowest BCUT2D eigenvalue weighted by Gasteiger charge is -2.04. The van der Waals surface area contributed by atoms with E-state index in [1.165, 1.54) is 5.56 Å². The number of nitrogens with zero attached hydrogens (tertiary/aromatic N) is 1. The number of benzene rings is 2. The van der Waals surface area contributed by atoms with E-state index in [1.54, 1.807) is 11.3 Å². The van der Waals surface area contributed by atoms with Crippen molar-refractivity contribution in [2.24, 2.45) is 0 Å². The second kappa shape index (κ2) is 7.09. The van der Waals surface area contributed by atoms with Gasteiger partial charge in [0.05, 0.1) is 5.69 Å². The Kier molecular flexibility index (Phi) is 4.31. The van der Waals surface area contributed by atoms with Gasteiger partial charge < -0.3 is 24.3 Å². The first-order valence-electron chi connectivity index (χ1n) is 8.79. The van der Waals surface area contributed by atoms with Crippen LogP contribution in [0.4, 0.5) is 0 Å². The molecule has 0 spiro atoms. The molecule has 0 atom stereocenters. The molecule has 0 saturated heterocycles. The number of thiazole rings is 1. The molecule has 2 aliphatic heterocycles. The summed E-state index contributed by atoms with van der Waals surface area (Å²) in [7, 11) is 0. The monoisotopic (exact) mass is 382 g/mol. The minimum atomic E-state index is 0.287. The van der Waals surface area contributed by atoms with Gasteiger partial charge in [0.15, 0.2) is 23.0 Å². The Bertz CT molecular complexity index is 972. The smallest absolute Gasteiger partial charge is 0.231 e. The molecule has 1 N–H and O–H groups in total. The molecule has 3 aromatic rings. The fourth-order valence-corrected chi connectivity index (χ4v) is 3.91. The van der Waals surface area contributed by atoms with Crippen LogP contribution in [-0.2, 0) is 13.0 Å². The van der Waals surface area contributed by atoms with E-state index in [1.807, 2.05) is 30.3 Å². The Labute approximate surface area is 160 Å². The molecule has 0 unspecified atom stereocenters. The molecule has 0 saturated carbocycles. The molecule has 138 valence electrons. The number of nitrogens with one attached hydrogen (secondary N) is 1. The molecule has 0 aliphatic carbocycles. The molecule has 7 heteroatoms. The highest BCUT2D eigenvalue weighted by Gasteiger charge is 2.15. The molecule has 6 nitrogen and oxygen atoms in total. The summed E-state index contributed by atoms with van der Waals surface area (Å²) in [6, 6.07) is 12.0. The lowest BCUT2D eigenvalue weighted by Crippen LogP contribution is -2.16. The van der Waals surface area contributed by atoms with Crippen molar-refractivity contribution < 1.29 is 18.9 Å². The normalized spacial score (nSPS) is 13.9. The first kappa shape index (κ1) is 16.4. The van der Waals surface area contributed by atoms with Crippen molar-refractivity contribution in [3.8, 4) is 33.6 Å². The third kappa shape index (κ3) is 3.43. The van der Waals surface area contributed by atoms with Crippen LogP contribution in [0.2, 0.25) is 0 Å². The maximum absolute atomic E-state index is 5.44. The topological polar surface area (TPSA) is 61.8 Å². The van der Waals surface area contributed by atoms with Gasteiger partial charge in [-0.3, -0.25) is 0 Å². The molecular formula is C20H18N2O4S. The first-order valence-corrected chi connectivity index (χ1v) is 9.67. The van der Waals surface area contributed by atoms with Crippen LogP contribution in [0.25, 0.3) is 10.6 Å². The zero-order valence-corrected chi connectivity index (χ0v) is 15.4. The highest BCUT2D eigenvalue weighted by Crippen LogP contribution is 2.36. The van der Waals surface area contributed by atoms with Crippen LogP contribution < -0.4 is 24.3 Å². The van der Waals surface area contributed by atoms with Crippen LogP contribution in [0.5, 0.6) is 23.0 Å². The fourth-order valence-electron chi connectivity index (χ4n) is 3.10. The van der Waals surface area contributed by atoms with Crippen LogP contribution in [0, 0.1) is 0 Å². The van der Waals surface area contributed by atoms with Crippen LogP contribution in [0.15, 0.2) is 41.8 Å². The van der Waals surface area contributed by atoms with E-state index in [-0.39, 0.29) is 6.79 Å². The van der Waals surface area contributed by atoms with Crippen molar-refractivity contribution in [2.75, 3.05) is 20.1 Å². The lowest BCUT2D eigenvalue weighted by atomic mass is 10.1. The minimum absolute atomic E-state index is 0.287. The zero-order chi connectivity index (χ0) is 18.1. The second-order valence-electron chi connectivity index (χ2n) is 6.33. The van der Waals surface area contributed by atoms with E-state index in [0.29, 0.717) is 6.79 Å². The predicted octanol–water partition coefficient (Wildman–Crippen LogP) is 3.60. The zero-order valence-electron chi connectivity index (χ0n) is 14.6. The summed E-state index contributed by atoms with van der Waals surface area (Å²) in [6.45, 7) is 2.21. The Hall–Kier alpha value is -2.77. The van der Waals surface area contributed by atoms with E-state index in [4.69, 9.17) is 23.9 Å². The van der Waals surface area contributed by atoms with Crippen molar-refractivity contribution in [3.63, 3.8) is 0 Å². The second-order valence-corrected chi connectivity index (χ2v) is 7.18. The molecule has 2 aliphatic rings. The molecule has 2 aromatic carbocycles. The maximum Gasteiger partial charge on any atom is 0.231 e. The van der Waals surface area contributed by atoms with Crippen LogP contribution in [-0.4, -0.2) is 25.1 Å². The first-order chi connectivity index (χ1) is 13.3. The number of hydrogen-bond donors (Lipinski definition) is 1. The summed E-state index contributed by atoms with van der Waals surface area (Å²) in [5.74, 6) is 3.23. The van der Waals surface area contributed by atoms with Crippen molar-refractivity contribution >= 4 is 11.3 Å². The average Bonchev–Trinajstić information content (AvgIpc) is 3.44. The molecule has 1 aromatic heterocycles. The Morgan fingerprint density at radius 3 is 2.48 bits per heavy atom. The Morgan fingerprint density at radius 2 is 1.63 bits per heavy atom. The van der Waals surface area contributed by atoms with Crippen molar-refractivity contribution in [1.29, 1.82) is 0 Å².